The molecule has 0 bridgehead atoms. The minimum Gasteiger partial charge on any atom is -0.376 e. The summed E-state index contributed by atoms with van der Waals surface area (Å²) in [4.78, 5) is 4.22. The fourth-order valence-corrected chi connectivity index (χ4v) is 2.33. The Morgan fingerprint density at radius 2 is 2.14 bits per heavy atom. The number of nitrogens with one attached hydrogen (secondary N) is 2. The number of rotatable bonds is 4. The second-order valence-corrected chi connectivity index (χ2v) is 5.15. The van der Waals surface area contributed by atoms with Gasteiger partial charge in [0.2, 0.25) is 0 Å². The van der Waals surface area contributed by atoms with Gasteiger partial charge in [-0.2, -0.15) is 5.10 Å². The van der Waals surface area contributed by atoms with Crippen LogP contribution in [0.25, 0.3) is 0 Å². The number of aryl methyl sites for hydroxylation is 2. The summed E-state index contributed by atoms with van der Waals surface area (Å²) < 4.78 is 12.9. The Bertz CT molecular complexity index is 498. The fourth-order valence-electron chi connectivity index (χ4n) is 2.33. The average Bonchev–Trinajstić information content (AvgIpc) is 2.74. The molecule has 1 aromatic rings. The van der Waals surface area contributed by atoms with E-state index in [-0.39, 0.29) is 30.1 Å². The van der Waals surface area contributed by atoms with Crippen LogP contribution in [0.3, 0.4) is 0 Å². The van der Waals surface area contributed by atoms with E-state index in [0.717, 1.165) is 11.7 Å². The van der Waals surface area contributed by atoms with Crippen molar-refractivity contribution in [3.05, 3.63) is 17.0 Å². The first kappa shape index (κ1) is 19.2. The number of aromatic nitrogens is 2. The number of ether oxygens (including phenoxy) is 2. The maximum absolute atomic E-state index is 5.59. The predicted octanol–water partition coefficient (Wildman–Crippen LogP) is 0.735. The van der Waals surface area contributed by atoms with Gasteiger partial charge in [0.1, 0.15) is 0 Å². The summed E-state index contributed by atoms with van der Waals surface area (Å²) in [7, 11) is 3.72. The number of hydrogen-bond acceptors (Lipinski definition) is 4. The Morgan fingerprint density at radius 1 is 1.36 bits per heavy atom. The lowest BCUT2D eigenvalue weighted by atomic mass is 10.2. The van der Waals surface area contributed by atoms with E-state index < -0.39 is 0 Å². The maximum Gasteiger partial charge on any atom is 0.191 e. The van der Waals surface area contributed by atoms with Crippen LogP contribution < -0.4 is 10.6 Å². The van der Waals surface area contributed by atoms with E-state index in [0.29, 0.717) is 32.9 Å². The van der Waals surface area contributed by atoms with Crippen molar-refractivity contribution in [1.29, 1.82) is 0 Å². The summed E-state index contributed by atoms with van der Waals surface area (Å²) >= 11 is 0. The van der Waals surface area contributed by atoms with Gasteiger partial charge in [0, 0.05) is 38.4 Å². The predicted molar refractivity (Wildman–Crippen MR) is 96.9 cm³/mol. The van der Waals surface area contributed by atoms with Gasteiger partial charge in [-0.25, -0.2) is 0 Å². The number of nitrogens with zero attached hydrogens (tertiary/aromatic N) is 3. The highest BCUT2D eigenvalue weighted by molar-refractivity contribution is 14.0. The smallest absolute Gasteiger partial charge is 0.191 e. The molecule has 8 heteroatoms. The molecule has 0 radical (unpaired) electrons. The molecule has 1 unspecified atom stereocenters. The minimum absolute atomic E-state index is 0. The molecule has 126 valence electrons. The summed E-state index contributed by atoms with van der Waals surface area (Å²) in [6.07, 6.45) is 0.0826. The van der Waals surface area contributed by atoms with Gasteiger partial charge in [-0.15, -0.1) is 24.0 Å². The maximum atomic E-state index is 5.59. The van der Waals surface area contributed by atoms with Gasteiger partial charge in [0.25, 0.3) is 0 Å². The first-order valence-electron chi connectivity index (χ1n) is 7.24. The number of halogens is 1. The zero-order valence-electron chi connectivity index (χ0n) is 13.7. The van der Waals surface area contributed by atoms with Crippen molar-refractivity contribution in [2.24, 2.45) is 12.0 Å². The third kappa shape index (κ3) is 5.10. The molecule has 0 spiro atoms. The lowest BCUT2D eigenvalue weighted by Crippen LogP contribution is -2.44. The number of hydrogen-bond donors (Lipinski definition) is 2. The van der Waals surface area contributed by atoms with Gasteiger partial charge in [-0.3, -0.25) is 9.67 Å². The highest BCUT2D eigenvalue weighted by atomic mass is 127. The molecule has 1 aromatic heterocycles. The SMILES string of the molecule is CN=C(NCc1c(C)nn(C)c1C)NCC1COCCO1.I. The van der Waals surface area contributed by atoms with Crippen molar-refractivity contribution in [3.8, 4) is 0 Å². The van der Waals surface area contributed by atoms with Crippen LogP contribution in [0.1, 0.15) is 17.0 Å². The molecule has 1 aliphatic heterocycles. The van der Waals surface area contributed by atoms with Gasteiger partial charge < -0.3 is 20.1 Å². The Balaban J connectivity index is 0.00000242. The monoisotopic (exact) mass is 423 g/mol. The second-order valence-electron chi connectivity index (χ2n) is 5.15. The quantitative estimate of drug-likeness (QED) is 0.425. The normalized spacial score (nSPS) is 18.7. The van der Waals surface area contributed by atoms with Crippen molar-refractivity contribution in [3.63, 3.8) is 0 Å². The fraction of sp³-hybridized carbons (Fsp3) is 0.714. The first-order valence-corrected chi connectivity index (χ1v) is 7.24. The Morgan fingerprint density at radius 3 is 2.68 bits per heavy atom. The molecule has 2 N–H and O–H groups in total. The van der Waals surface area contributed by atoms with Crippen LogP contribution in [-0.4, -0.2) is 55.3 Å². The molecule has 0 amide bonds. The summed E-state index contributed by atoms with van der Waals surface area (Å²) in [6.45, 7) is 7.45. The average molecular weight is 423 g/mol. The standard InChI is InChI=1S/C14H25N5O2.HI/c1-10-13(11(2)19(4)18-10)8-17-14(15-3)16-7-12-9-20-5-6-21-12;/h12H,5-9H2,1-4H3,(H2,15,16,17);1H. The van der Waals surface area contributed by atoms with Gasteiger partial charge in [0.15, 0.2) is 5.96 Å². The Hall–Kier alpha value is -0.870. The van der Waals surface area contributed by atoms with E-state index in [9.17, 15) is 0 Å². The molecule has 1 atom stereocenters. The topological polar surface area (TPSA) is 72.7 Å². The van der Waals surface area contributed by atoms with E-state index in [4.69, 9.17) is 9.47 Å². The molecule has 22 heavy (non-hydrogen) atoms. The van der Waals surface area contributed by atoms with Gasteiger partial charge in [-0.1, -0.05) is 0 Å². The van der Waals surface area contributed by atoms with Crippen LogP contribution in [0.5, 0.6) is 0 Å². The van der Waals surface area contributed by atoms with E-state index in [2.05, 4.69) is 27.6 Å². The zero-order chi connectivity index (χ0) is 15.2. The largest absolute Gasteiger partial charge is 0.376 e. The van der Waals surface area contributed by atoms with Crippen molar-refractivity contribution >= 4 is 29.9 Å². The number of guanidine groups is 1. The highest BCUT2D eigenvalue weighted by Gasteiger charge is 2.15. The number of aliphatic imine (C=N–C) groups is 1. The molecule has 0 aliphatic carbocycles. The van der Waals surface area contributed by atoms with E-state index in [1.807, 2.05) is 18.7 Å². The lowest BCUT2D eigenvalue weighted by molar-refractivity contribution is -0.0850. The van der Waals surface area contributed by atoms with Crippen molar-refractivity contribution in [2.45, 2.75) is 26.5 Å². The van der Waals surface area contributed by atoms with Gasteiger partial charge in [0.05, 0.1) is 31.6 Å². The van der Waals surface area contributed by atoms with E-state index >= 15 is 0 Å². The van der Waals surface area contributed by atoms with Crippen LogP contribution in [0.2, 0.25) is 0 Å². The molecule has 0 saturated carbocycles. The van der Waals surface area contributed by atoms with Crippen molar-refractivity contribution in [2.75, 3.05) is 33.4 Å². The van der Waals surface area contributed by atoms with Crippen molar-refractivity contribution in [1.82, 2.24) is 20.4 Å². The summed E-state index contributed by atoms with van der Waals surface area (Å²) in [5.41, 5.74) is 3.42. The summed E-state index contributed by atoms with van der Waals surface area (Å²) in [5.74, 6) is 0.756. The Labute approximate surface area is 148 Å². The molecule has 1 saturated heterocycles. The zero-order valence-corrected chi connectivity index (χ0v) is 16.0. The van der Waals surface area contributed by atoms with Crippen LogP contribution in [0, 0.1) is 13.8 Å². The molecule has 1 fully saturated rings. The van der Waals surface area contributed by atoms with Crippen LogP contribution >= 0.6 is 24.0 Å². The Kier molecular flexibility index (Phi) is 8.12. The lowest BCUT2D eigenvalue weighted by Gasteiger charge is -2.24. The van der Waals surface area contributed by atoms with Crippen molar-refractivity contribution < 1.29 is 9.47 Å². The molecule has 7 nitrogen and oxygen atoms in total. The van der Waals surface area contributed by atoms with E-state index in [1.165, 1.54) is 11.3 Å². The van der Waals surface area contributed by atoms with Gasteiger partial charge >= 0.3 is 0 Å². The summed E-state index contributed by atoms with van der Waals surface area (Å²) in [5, 5.41) is 11.0. The van der Waals surface area contributed by atoms with Crippen LogP contribution in [-0.2, 0) is 23.1 Å². The molecule has 2 rings (SSSR count). The highest BCUT2D eigenvalue weighted by Crippen LogP contribution is 2.11. The molecular weight excluding hydrogens is 397 g/mol. The third-order valence-electron chi connectivity index (χ3n) is 3.70. The third-order valence-corrected chi connectivity index (χ3v) is 3.70. The second kappa shape index (κ2) is 9.31. The van der Waals surface area contributed by atoms with Crippen LogP contribution in [0.15, 0.2) is 4.99 Å². The molecule has 0 aromatic carbocycles. The minimum atomic E-state index is 0. The van der Waals surface area contributed by atoms with E-state index in [1.54, 1.807) is 7.05 Å². The first-order chi connectivity index (χ1) is 10.1. The summed E-state index contributed by atoms with van der Waals surface area (Å²) in [6, 6.07) is 0. The van der Waals surface area contributed by atoms with Crippen LogP contribution in [0.4, 0.5) is 0 Å². The molecule has 1 aliphatic rings. The molecular formula is C14H26IN5O2. The molecule has 2 heterocycles. The van der Waals surface area contributed by atoms with Gasteiger partial charge in [-0.05, 0) is 13.8 Å².